The third-order valence-corrected chi connectivity index (χ3v) is 4.59. The first-order chi connectivity index (χ1) is 11.0. The molecule has 0 aliphatic carbocycles. The molecule has 0 aliphatic rings. The number of para-hydroxylation sites is 1. The Kier molecular flexibility index (Phi) is 5.50. The van der Waals surface area contributed by atoms with E-state index in [1.807, 2.05) is 13.8 Å². The highest BCUT2D eigenvalue weighted by atomic mass is 16.3. The van der Waals surface area contributed by atoms with Crippen LogP contribution in [0.2, 0.25) is 0 Å². The number of aromatic amines is 1. The molecule has 0 bridgehead atoms. The average molecular weight is 317 g/mol. The summed E-state index contributed by atoms with van der Waals surface area (Å²) >= 11 is 0. The molecule has 124 valence electrons. The lowest BCUT2D eigenvalue weighted by atomic mass is 9.79. The van der Waals surface area contributed by atoms with E-state index in [0.29, 0.717) is 23.9 Å². The molecule has 1 amide bonds. The lowest BCUT2D eigenvalue weighted by Gasteiger charge is -2.31. The van der Waals surface area contributed by atoms with Crippen LogP contribution < -0.4 is 10.9 Å². The number of nitrogens with one attached hydrogen (secondary N) is 2. The van der Waals surface area contributed by atoms with Crippen molar-refractivity contribution in [2.45, 2.75) is 33.1 Å². The van der Waals surface area contributed by atoms with Crippen molar-refractivity contribution in [3.63, 3.8) is 0 Å². The van der Waals surface area contributed by atoms with Crippen LogP contribution in [-0.2, 0) is 0 Å². The Bertz CT molecular complexity index is 735. The number of hydrogen-bond donors (Lipinski definition) is 3. The maximum atomic E-state index is 12.3. The number of hydrogen-bond acceptors (Lipinski definition) is 4. The van der Waals surface area contributed by atoms with Crippen molar-refractivity contribution >= 4 is 16.8 Å². The summed E-state index contributed by atoms with van der Waals surface area (Å²) < 4.78 is 0. The third-order valence-electron chi connectivity index (χ3n) is 4.59. The molecule has 6 heteroatoms. The zero-order chi connectivity index (χ0) is 16.9. The van der Waals surface area contributed by atoms with Gasteiger partial charge in [-0.1, -0.05) is 26.0 Å². The van der Waals surface area contributed by atoms with E-state index in [1.165, 1.54) is 0 Å². The van der Waals surface area contributed by atoms with E-state index < -0.39 is 5.91 Å². The fraction of sp³-hybridized carbons (Fsp3) is 0.471. The second-order valence-electron chi connectivity index (χ2n) is 5.80. The van der Waals surface area contributed by atoms with Gasteiger partial charge in [-0.15, -0.1) is 0 Å². The molecule has 0 saturated carbocycles. The lowest BCUT2D eigenvalue weighted by Crippen LogP contribution is -2.38. The fourth-order valence-corrected chi connectivity index (χ4v) is 2.72. The molecule has 0 fully saturated rings. The standard InChI is InChI=1S/C17H23N3O3/c1-3-17(4-2,9-10-21)11-18-16(23)14-19-13-8-6-5-7-12(13)15(22)20-14/h5-8,21H,3-4,9-11H2,1-2H3,(H,18,23)(H,19,20,22). The molecule has 0 radical (unpaired) electrons. The summed E-state index contributed by atoms with van der Waals surface area (Å²) in [5, 5.41) is 12.5. The maximum Gasteiger partial charge on any atom is 0.287 e. The Morgan fingerprint density at radius 2 is 2.00 bits per heavy atom. The summed E-state index contributed by atoms with van der Waals surface area (Å²) in [6, 6.07) is 6.90. The summed E-state index contributed by atoms with van der Waals surface area (Å²) in [5.74, 6) is -0.393. The minimum absolute atomic E-state index is 0.0128. The van der Waals surface area contributed by atoms with E-state index in [2.05, 4.69) is 15.3 Å². The van der Waals surface area contributed by atoms with Gasteiger partial charge in [0.2, 0.25) is 0 Å². The number of carbonyl (C=O) groups excluding carboxylic acids is 1. The van der Waals surface area contributed by atoms with E-state index in [4.69, 9.17) is 0 Å². The zero-order valence-corrected chi connectivity index (χ0v) is 13.6. The van der Waals surface area contributed by atoms with Crippen LogP contribution in [-0.4, -0.2) is 34.1 Å². The highest BCUT2D eigenvalue weighted by molar-refractivity contribution is 5.92. The molecule has 0 saturated heterocycles. The molecule has 0 spiro atoms. The number of aliphatic hydroxyl groups excluding tert-OH is 1. The molecular weight excluding hydrogens is 294 g/mol. The number of rotatable bonds is 7. The molecule has 1 heterocycles. The minimum atomic E-state index is -0.405. The Balaban J connectivity index is 2.19. The molecule has 23 heavy (non-hydrogen) atoms. The van der Waals surface area contributed by atoms with Crippen molar-refractivity contribution in [3.05, 3.63) is 40.4 Å². The number of amides is 1. The Morgan fingerprint density at radius 1 is 1.30 bits per heavy atom. The van der Waals surface area contributed by atoms with Gasteiger partial charge in [0, 0.05) is 13.2 Å². The van der Waals surface area contributed by atoms with Gasteiger partial charge in [-0.3, -0.25) is 9.59 Å². The number of nitrogens with zero attached hydrogens (tertiary/aromatic N) is 1. The zero-order valence-electron chi connectivity index (χ0n) is 13.6. The van der Waals surface area contributed by atoms with E-state index in [9.17, 15) is 14.7 Å². The van der Waals surface area contributed by atoms with Crippen molar-refractivity contribution in [3.8, 4) is 0 Å². The van der Waals surface area contributed by atoms with Crippen LogP contribution >= 0.6 is 0 Å². The van der Waals surface area contributed by atoms with Crippen molar-refractivity contribution in [1.29, 1.82) is 0 Å². The van der Waals surface area contributed by atoms with Crippen LogP contribution in [0.1, 0.15) is 43.7 Å². The molecule has 0 unspecified atom stereocenters. The van der Waals surface area contributed by atoms with Gasteiger partial charge >= 0.3 is 0 Å². The van der Waals surface area contributed by atoms with Gasteiger partial charge < -0.3 is 15.4 Å². The van der Waals surface area contributed by atoms with Crippen LogP contribution in [0.25, 0.3) is 10.9 Å². The fourth-order valence-electron chi connectivity index (χ4n) is 2.72. The van der Waals surface area contributed by atoms with Crippen molar-refractivity contribution in [2.24, 2.45) is 5.41 Å². The van der Waals surface area contributed by atoms with Gasteiger partial charge in [-0.25, -0.2) is 4.98 Å². The molecule has 1 aromatic carbocycles. The largest absolute Gasteiger partial charge is 0.396 e. The molecule has 1 aromatic heterocycles. The van der Waals surface area contributed by atoms with Gasteiger partial charge in [-0.05, 0) is 36.8 Å². The lowest BCUT2D eigenvalue weighted by molar-refractivity contribution is 0.0897. The second kappa shape index (κ2) is 7.37. The predicted molar refractivity (Wildman–Crippen MR) is 89.4 cm³/mol. The first-order valence-electron chi connectivity index (χ1n) is 7.93. The smallest absolute Gasteiger partial charge is 0.287 e. The van der Waals surface area contributed by atoms with Crippen LogP contribution in [0.3, 0.4) is 0 Å². The first-order valence-corrected chi connectivity index (χ1v) is 7.93. The van der Waals surface area contributed by atoms with Gasteiger partial charge in [-0.2, -0.15) is 0 Å². The van der Waals surface area contributed by atoms with Crippen molar-refractivity contribution in [2.75, 3.05) is 13.2 Å². The molecule has 0 aliphatic heterocycles. The van der Waals surface area contributed by atoms with Crippen LogP contribution in [0.15, 0.2) is 29.1 Å². The maximum absolute atomic E-state index is 12.3. The predicted octanol–water partition coefficient (Wildman–Crippen LogP) is 1.84. The normalized spacial score (nSPS) is 11.6. The summed E-state index contributed by atoms with van der Waals surface area (Å²) in [6.07, 6.45) is 2.33. The van der Waals surface area contributed by atoms with Crippen LogP contribution in [0, 0.1) is 5.41 Å². The number of H-pyrrole nitrogens is 1. The number of fused-ring (bicyclic) bond motifs is 1. The molecular formula is C17H23N3O3. The average Bonchev–Trinajstić information content (AvgIpc) is 2.58. The monoisotopic (exact) mass is 317 g/mol. The molecule has 2 aromatic rings. The van der Waals surface area contributed by atoms with E-state index >= 15 is 0 Å². The minimum Gasteiger partial charge on any atom is -0.396 e. The molecule has 3 N–H and O–H groups in total. The Hall–Kier alpha value is -2.21. The Labute approximate surface area is 135 Å². The van der Waals surface area contributed by atoms with Crippen LogP contribution in [0.5, 0.6) is 0 Å². The molecule has 6 nitrogen and oxygen atoms in total. The third kappa shape index (κ3) is 3.76. The molecule has 0 atom stereocenters. The first kappa shape index (κ1) is 17.1. The topological polar surface area (TPSA) is 95.1 Å². The van der Waals surface area contributed by atoms with E-state index in [-0.39, 0.29) is 23.4 Å². The number of carbonyl (C=O) groups is 1. The second-order valence-corrected chi connectivity index (χ2v) is 5.80. The highest BCUT2D eigenvalue weighted by Gasteiger charge is 2.26. The molecule has 2 rings (SSSR count). The Morgan fingerprint density at radius 3 is 2.65 bits per heavy atom. The van der Waals surface area contributed by atoms with Gasteiger partial charge in [0.15, 0.2) is 5.82 Å². The summed E-state index contributed by atoms with van der Waals surface area (Å²) in [4.78, 5) is 31.1. The number of aliphatic hydroxyl groups is 1. The highest BCUT2D eigenvalue weighted by Crippen LogP contribution is 2.29. The number of benzene rings is 1. The SMILES string of the molecule is CCC(CC)(CCO)CNC(=O)c1nc2ccccc2c(=O)[nH]1. The summed E-state index contributed by atoms with van der Waals surface area (Å²) in [7, 11) is 0. The van der Waals surface area contributed by atoms with E-state index in [0.717, 1.165) is 12.8 Å². The van der Waals surface area contributed by atoms with Gasteiger partial charge in [0.25, 0.3) is 11.5 Å². The van der Waals surface area contributed by atoms with Gasteiger partial charge in [0.1, 0.15) is 0 Å². The van der Waals surface area contributed by atoms with E-state index in [1.54, 1.807) is 24.3 Å². The van der Waals surface area contributed by atoms with Crippen LogP contribution in [0.4, 0.5) is 0 Å². The van der Waals surface area contributed by atoms with Crippen molar-refractivity contribution in [1.82, 2.24) is 15.3 Å². The summed E-state index contributed by atoms with van der Waals surface area (Å²) in [6.45, 7) is 4.61. The quantitative estimate of drug-likeness (QED) is 0.726. The van der Waals surface area contributed by atoms with Crippen molar-refractivity contribution < 1.29 is 9.90 Å². The summed E-state index contributed by atoms with van der Waals surface area (Å²) in [5.41, 5.74) is 0.0315. The number of aromatic nitrogens is 2. The van der Waals surface area contributed by atoms with Gasteiger partial charge in [0.05, 0.1) is 10.9 Å².